The first-order valence-electron chi connectivity index (χ1n) is 4.19. The Morgan fingerprint density at radius 1 is 1.67 bits per heavy atom. The van der Waals surface area contributed by atoms with Gasteiger partial charge in [-0.1, -0.05) is 13.3 Å². The van der Waals surface area contributed by atoms with Crippen molar-refractivity contribution in [3.63, 3.8) is 0 Å². The van der Waals surface area contributed by atoms with E-state index in [9.17, 15) is 0 Å². The topological polar surface area (TPSA) is 12.0 Å². The minimum absolute atomic E-state index is 0.534. The van der Waals surface area contributed by atoms with Crippen molar-refractivity contribution in [2.24, 2.45) is 0 Å². The lowest BCUT2D eigenvalue weighted by Crippen LogP contribution is -2.14. The molecule has 3 heteroatoms. The van der Waals surface area contributed by atoms with Gasteiger partial charge in [-0.05, 0) is 35.5 Å². The van der Waals surface area contributed by atoms with Gasteiger partial charge in [0.25, 0.3) is 0 Å². The minimum atomic E-state index is 0.534. The summed E-state index contributed by atoms with van der Waals surface area (Å²) in [7, 11) is 2.02. The maximum atomic E-state index is 3.46. The van der Waals surface area contributed by atoms with E-state index >= 15 is 0 Å². The monoisotopic (exact) mass is 247 g/mol. The highest BCUT2D eigenvalue weighted by Crippen LogP contribution is 2.27. The summed E-state index contributed by atoms with van der Waals surface area (Å²) in [5, 5.41) is 5.46. The van der Waals surface area contributed by atoms with Gasteiger partial charge >= 0.3 is 0 Å². The normalized spacial score (nSPS) is 13.2. The molecule has 0 amide bonds. The lowest BCUT2D eigenvalue weighted by atomic mass is 10.1. The zero-order chi connectivity index (χ0) is 8.97. The van der Waals surface area contributed by atoms with Gasteiger partial charge in [-0.25, -0.2) is 0 Å². The molecule has 0 spiro atoms. The van der Waals surface area contributed by atoms with Gasteiger partial charge in [-0.15, -0.1) is 11.3 Å². The summed E-state index contributed by atoms with van der Waals surface area (Å²) in [4.78, 5) is 1.42. The molecule has 1 atom stereocenters. The minimum Gasteiger partial charge on any atom is -0.312 e. The largest absolute Gasteiger partial charge is 0.312 e. The Kier molecular flexibility index (Phi) is 4.26. The SMILES string of the molecule is CCCC(NC)c1cc(Br)cs1. The van der Waals surface area contributed by atoms with Crippen LogP contribution in [0, 0.1) is 0 Å². The highest BCUT2D eigenvalue weighted by molar-refractivity contribution is 9.10. The van der Waals surface area contributed by atoms with E-state index in [1.165, 1.54) is 22.2 Å². The van der Waals surface area contributed by atoms with Crippen molar-refractivity contribution in [2.75, 3.05) is 7.05 Å². The van der Waals surface area contributed by atoms with Crippen molar-refractivity contribution in [1.29, 1.82) is 0 Å². The average molecular weight is 248 g/mol. The highest BCUT2D eigenvalue weighted by Gasteiger charge is 2.09. The fraction of sp³-hybridized carbons (Fsp3) is 0.556. The van der Waals surface area contributed by atoms with Crippen molar-refractivity contribution in [2.45, 2.75) is 25.8 Å². The maximum absolute atomic E-state index is 3.46. The Bertz CT molecular complexity index is 234. The molecule has 0 saturated carbocycles. The summed E-state index contributed by atoms with van der Waals surface area (Å²) in [6.07, 6.45) is 2.43. The van der Waals surface area contributed by atoms with Gasteiger partial charge in [0.15, 0.2) is 0 Å². The molecule has 0 bridgehead atoms. The number of thiophene rings is 1. The Morgan fingerprint density at radius 3 is 2.83 bits per heavy atom. The van der Waals surface area contributed by atoms with Crippen LogP contribution in [-0.2, 0) is 0 Å². The smallest absolute Gasteiger partial charge is 0.0412 e. The molecule has 1 heterocycles. The number of hydrogen-bond donors (Lipinski definition) is 1. The summed E-state index contributed by atoms with van der Waals surface area (Å²) >= 11 is 5.28. The van der Waals surface area contributed by atoms with E-state index in [0.29, 0.717) is 6.04 Å². The highest BCUT2D eigenvalue weighted by atomic mass is 79.9. The maximum Gasteiger partial charge on any atom is 0.0412 e. The Balaban J connectivity index is 2.66. The van der Waals surface area contributed by atoms with Crippen LogP contribution >= 0.6 is 27.3 Å². The molecule has 1 unspecified atom stereocenters. The van der Waals surface area contributed by atoms with E-state index in [2.05, 4.69) is 39.6 Å². The van der Waals surface area contributed by atoms with Crippen LogP contribution in [0.15, 0.2) is 15.9 Å². The summed E-state index contributed by atoms with van der Waals surface area (Å²) in [6.45, 7) is 2.22. The van der Waals surface area contributed by atoms with Crippen molar-refractivity contribution in [3.8, 4) is 0 Å². The zero-order valence-corrected chi connectivity index (χ0v) is 9.83. The number of halogens is 1. The third-order valence-corrected chi connectivity index (χ3v) is 3.66. The Hall–Kier alpha value is 0.140. The van der Waals surface area contributed by atoms with Crippen LogP contribution in [0.25, 0.3) is 0 Å². The molecular weight excluding hydrogens is 234 g/mol. The van der Waals surface area contributed by atoms with Gasteiger partial charge in [-0.2, -0.15) is 0 Å². The molecule has 68 valence electrons. The van der Waals surface area contributed by atoms with E-state index in [-0.39, 0.29) is 0 Å². The number of hydrogen-bond acceptors (Lipinski definition) is 2. The molecule has 0 saturated heterocycles. The van der Waals surface area contributed by atoms with Gasteiger partial charge in [0.05, 0.1) is 0 Å². The molecule has 1 rings (SSSR count). The van der Waals surface area contributed by atoms with E-state index in [1.54, 1.807) is 0 Å². The molecule has 1 nitrogen and oxygen atoms in total. The summed E-state index contributed by atoms with van der Waals surface area (Å²) in [5.41, 5.74) is 0. The first-order valence-corrected chi connectivity index (χ1v) is 5.86. The van der Waals surface area contributed by atoms with Crippen LogP contribution in [0.3, 0.4) is 0 Å². The van der Waals surface area contributed by atoms with E-state index in [1.807, 2.05) is 18.4 Å². The molecule has 0 aliphatic carbocycles. The third kappa shape index (κ3) is 2.57. The molecule has 0 fully saturated rings. The second-order valence-electron chi connectivity index (χ2n) is 2.80. The second-order valence-corrected chi connectivity index (χ2v) is 4.66. The lowest BCUT2D eigenvalue weighted by molar-refractivity contribution is 0.550. The average Bonchev–Trinajstić information content (AvgIpc) is 2.47. The molecule has 0 aliphatic heterocycles. The summed E-state index contributed by atoms with van der Waals surface area (Å²) in [6, 6.07) is 2.73. The van der Waals surface area contributed by atoms with Crippen molar-refractivity contribution in [1.82, 2.24) is 5.32 Å². The Labute approximate surface area is 86.3 Å². The molecule has 0 radical (unpaired) electrons. The number of nitrogens with one attached hydrogen (secondary N) is 1. The van der Waals surface area contributed by atoms with Crippen LogP contribution in [-0.4, -0.2) is 7.05 Å². The van der Waals surface area contributed by atoms with Crippen LogP contribution in [0.4, 0.5) is 0 Å². The van der Waals surface area contributed by atoms with Gasteiger partial charge in [0.1, 0.15) is 0 Å². The van der Waals surface area contributed by atoms with E-state index < -0.39 is 0 Å². The predicted molar refractivity (Wildman–Crippen MR) is 58.7 cm³/mol. The first-order chi connectivity index (χ1) is 5.77. The molecule has 1 aromatic heterocycles. The van der Waals surface area contributed by atoms with Gasteiger partial charge < -0.3 is 5.32 Å². The fourth-order valence-corrected chi connectivity index (χ4v) is 2.82. The van der Waals surface area contributed by atoms with Crippen LogP contribution in [0.2, 0.25) is 0 Å². The van der Waals surface area contributed by atoms with Crippen LogP contribution in [0.5, 0.6) is 0 Å². The molecule has 1 aromatic rings. The fourth-order valence-electron chi connectivity index (χ4n) is 1.23. The van der Waals surface area contributed by atoms with E-state index in [4.69, 9.17) is 0 Å². The quantitative estimate of drug-likeness (QED) is 0.858. The van der Waals surface area contributed by atoms with Crippen LogP contribution in [0.1, 0.15) is 30.7 Å². The van der Waals surface area contributed by atoms with E-state index in [0.717, 1.165) is 0 Å². The van der Waals surface area contributed by atoms with Gasteiger partial charge in [-0.3, -0.25) is 0 Å². The van der Waals surface area contributed by atoms with Crippen molar-refractivity contribution < 1.29 is 0 Å². The van der Waals surface area contributed by atoms with Crippen molar-refractivity contribution >= 4 is 27.3 Å². The third-order valence-electron chi connectivity index (χ3n) is 1.86. The molecule has 12 heavy (non-hydrogen) atoms. The molecular formula is C9H14BrNS. The van der Waals surface area contributed by atoms with Gasteiger partial charge in [0.2, 0.25) is 0 Å². The molecule has 1 N–H and O–H groups in total. The summed E-state index contributed by atoms with van der Waals surface area (Å²) in [5.74, 6) is 0. The summed E-state index contributed by atoms with van der Waals surface area (Å²) < 4.78 is 1.19. The lowest BCUT2D eigenvalue weighted by Gasteiger charge is -2.12. The molecule has 0 aliphatic rings. The predicted octanol–water partition coefficient (Wildman–Crippen LogP) is 3.57. The zero-order valence-electron chi connectivity index (χ0n) is 7.43. The van der Waals surface area contributed by atoms with Crippen LogP contribution < -0.4 is 5.32 Å². The molecule has 0 aromatic carbocycles. The second kappa shape index (κ2) is 5.00. The van der Waals surface area contributed by atoms with Crippen molar-refractivity contribution in [3.05, 3.63) is 20.8 Å². The standard InChI is InChI=1S/C9H14BrNS/c1-3-4-8(11-2)9-5-7(10)6-12-9/h5-6,8,11H,3-4H2,1-2H3. The Morgan fingerprint density at radius 2 is 2.42 bits per heavy atom. The first kappa shape index (κ1) is 10.2. The van der Waals surface area contributed by atoms with Gasteiger partial charge in [0, 0.05) is 20.8 Å². The number of rotatable bonds is 4.